The van der Waals surface area contributed by atoms with Gasteiger partial charge in [-0.1, -0.05) is 25.0 Å². The average Bonchev–Trinajstić information content (AvgIpc) is 2.66. The van der Waals surface area contributed by atoms with Gasteiger partial charge in [0, 0.05) is 5.75 Å². The molecular weight excluding hydrogens is 352 g/mol. The molecule has 1 aromatic rings. The maximum absolute atomic E-state index is 12.5. The molecule has 1 fully saturated rings. The number of rotatable bonds is 8. The second kappa shape index (κ2) is 9.48. The van der Waals surface area contributed by atoms with Crippen molar-refractivity contribution in [1.29, 1.82) is 5.26 Å². The van der Waals surface area contributed by atoms with Crippen LogP contribution in [0.4, 0.5) is 0 Å². The molecule has 2 atom stereocenters. The smallest absolute Gasteiger partial charge is 0.322 e. The van der Waals surface area contributed by atoms with Gasteiger partial charge >= 0.3 is 5.97 Å². The number of carbonyl (C=O) groups is 2. The van der Waals surface area contributed by atoms with Crippen LogP contribution in [0.25, 0.3) is 0 Å². The summed E-state index contributed by atoms with van der Waals surface area (Å²) in [6.45, 7) is -0.362. The molecule has 0 heterocycles. The van der Waals surface area contributed by atoms with E-state index in [0.717, 1.165) is 36.3 Å². The number of thioether (sulfide) groups is 1. The fraction of sp³-hybridized carbons (Fsp3) is 0.526. The van der Waals surface area contributed by atoms with E-state index in [0.29, 0.717) is 12.2 Å². The Kier molecular flexibility index (Phi) is 7.34. The van der Waals surface area contributed by atoms with Gasteiger partial charge in [-0.15, -0.1) is 0 Å². The fourth-order valence-corrected chi connectivity index (χ4v) is 4.71. The lowest BCUT2D eigenvalue weighted by Gasteiger charge is -2.39. The molecule has 140 valence electrons. The minimum Gasteiger partial charge on any atom is -0.497 e. The number of amides is 1. The maximum atomic E-state index is 12.5. The number of methoxy groups -OCH3 is 1. The first-order valence-corrected chi connectivity index (χ1v) is 9.74. The lowest BCUT2D eigenvalue weighted by atomic mass is 9.66. The van der Waals surface area contributed by atoms with Gasteiger partial charge in [0.25, 0.3) is 0 Å². The Morgan fingerprint density at radius 1 is 1.35 bits per heavy atom. The standard InChI is InChI=1S/C19H24N2O4S/c1-24-16-7-5-14(6-8-16)12-26-13-15-4-2-3-9-19(15,17(21)22)18(23)25-11-10-20/h5-8,15H,2-4,9,11-13H2,1H3,(H2,21,22). The van der Waals surface area contributed by atoms with E-state index in [1.165, 1.54) is 0 Å². The number of hydrogen-bond acceptors (Lipinski definition) is 6. The van der Waals surface area contributed by atoms with E-state index in [1.807, 2.05) is 24.3 Å². The van der Waals surface area contributed by atoms with Crippen LogP contribution in [0.3, 0.4) is 0 Å². The number of nitriles is 1. The van der Waals surface area contributed by atoms with Gasteiger partial charge in [0.05, 0.1) is 7.11 Å². The fourth-order valence-electron chi connectivity index (χ4n) is 3.43. The molecule has 0 spiro atoms. The summed E-state index contributed by atoms with van der Waals surface area (Å²) in [6.07, 6.45) is 2.85. The van der Waals surface area contributed by atoms with E-state index < -0.39 is 17.3 Å². The molecule has 0 saturated heterocycles. The largest absolute Gasteiger partial charge is 0.497 e. The predicted molar refractivity (Wildman–Crippen MR) is 99.3 cm³/mol. The summed E-state index contributed by atoms with van der Waals surface area (Å²) in [5.41, 5.74) is 5.46. The van der Waals surface area contributed by atoms with Crippen molar-refractivity contribution in [3.05, 3.63) is 29.8 Å². The van der Waals surface area contributed by atoms with Gasteiger partial charge in [0.1, 0.15) is 17.2 Å². The molecule has 2 N–H and O–H groups in total. The normalized spacial score (nSPS) is 22.2. The molecule has 26 heavy (non-hydrogen) atoms. The topological polar surface area (TPSA) is 102 Å². The van der Waals surface area contributed by atoms with E-state index in [-0.39, 0.29) is 12.5 Å². The lowest BCUT2D eigenvalue weighted by molar-refractivity contribution is -0.165. The average molecular weight is 376 g/mol. The first-order chi connectivity index (χ1) is 12.5. The summed E-state index contributed by atoms with van der Waals surface area (Å²) in [5, 5.41) is 8.65. The summed E-state index contributed by atoms with van der Waals surface area (Å²) < 4.78 is 10.1. The van der Waals surface area contributed by atoms with E-state index >= 15 is 0 Å². The van der Waals surface area contributed by atoms with Crippen molar-refractivity contribution in [2.75, 3.05) is 19.5 Å². The SMILES string of the molecule is COc1ccc(CSCC2CCCCC2(C(N)=O)C(=O)OCC#N)cc1. The molecule has 0 bridgehead atoms. The van der Waals surface area contributed by atoms with Crippen LogP contribution in [0.2, 0.25) is 0 Å². The number of nitrogens with zero attached hydrogens (tertiary/aromatic N) is 1. The third kappa shape index (κ3) is 4.50. The predicted octanol–water partition coefficient (Wildman–Crippen LogP) is 2.66. The molecule has 7 heteroatoms. The van der Waals surface area contributed by atoms with Gasteiger partial charge in [-0.2, -0.15) is 17.0 Å². The van der Waals surface area contributed by atoms with Gasteiger partial charge in [0.2, 0.25) is 5.91 Å². The van der Waals surface area contributed by atoms with Crippen molar-refractivity contribution in [2.45, 2.75) is 31.4 Å². The maximum Gasteiger partial charge on any atom is 0.322 e. The summed E-state index contributed by atoms with van der Waals surface area (Å²) in [6, 6.07) is 9.58. The number of ether oxygens (including phenoxy) is 2. The van der Waals surface area contributed by atoms with Crippen LogP contribution in [0.15, 0.2) is 24.3 Å². The molecule has 1 aliphatic rings. The van der Waals surface area contributed by atoms with Crippen molar-refractivity contribution >= 4 is 23.6 Å². The summed E-state index contributed by atoms with van der Waals surface area (Å²) in [4.78, 5) is 24.7. The molecule has 0 radical (unpaired) electrons. The molecule has 1 amide bonds. The van der Waals surface area contributed by atoms with Crippen LogP contribution in [-0.4, -0.2) is 31.3 Å². The highest BCUT2D eigenvalue weighted by Crippen LogP contribution is 2.44. The Morgan fingerprint density at radius 2 is 2.08 bits per heavy atom. The Hall–Kier alpha value is -2.20. The van der Waals surface area contributed by atoms with Crippen molar-refractivity contribution in [3.8, 4) is 11.8 Å². The van der Waals surface area contributed by atoms with Crippen LogP contribution in [0, 0.1) is 22.7 Å². The Morgan fingerprint density at radius 3 is 2.69 bits per heavy atom. The summed E-state index contributed by atoms with van der Waals surface area (Å²) >= 11 is 1.67. The van der Waals surface area contributed by atoms with Gasteiger partial charge in [-0.3, -0.25) is 9.59 Å². The third-order valence-electron chi connectivity index (χ3n) is 4.89. The quantitative estimate of drug-likeness (QED) is 0.553. The highest BCUT2D eigenvalue weighted by Gasteiger charge is 2.53. The molecule has 1 aliphatic carbocycles. The van der Waals surface area contributed by atoms with Crippen molar-refractivity contribution < 1.29 is 19.1 Å². The third-order valence-corrected chi connectivity index (χ3v) is 6.06. The van der Waals surface area contributed by atoms with Gasteiger partial charge < -0.3 is 15.2 Å². The van der Waals surface area contributed by atoms with Crippen LogP contribution >= 0.6 is 11.8 Å². The molecule has 0 aromatic heterocycles. The van der Waals surface area contributed by atoms with E-state index in [1.54, 1.807) is 24.9 Å². The van der Waals surface area contributed by atoms with E-state index in [9.17, 15) is 9.59 Å². The minimum atomic E-state index is -1.32. The zero-order valence-electron chi connectivity index (χ0n) is 14.9. The second-order valence-corrected chi connectivity index (χ2v) is 7.41. The number of nitrogens with two attached hydrogens (primary N) is 1. The van der Waals surface area contributed by atoms with Crippen LogP contribution in [-0.2, 0) is 20.1 Å². The Balaban J connectivity index is 2.04. The van der Waals surface area contributed by atoms with Crippen molar-refractivity contribution in [1.82, 2.24) is 0 Å². The highest BCUT2D eigenvalue weighted by molar-refractivity contribution is 7.98. The summed E-state index contributed by atoms with van der Waals surface area (Å²) in [5.74, 6) is 0.734. The zero-order chi connectivity index (χ0) is 19.0. The number of primary amides is 1. The lowest BCUT2D eigenvalue weighted by Crippen LogP contribution is -2.52. The molecule has 2 rings (SSSR count). The van der Waals surface area contributed by atoms with E-state index in [2.05, 4.69) is 0 Å². The Labute approximate surface area is 158 Å². The highest BCUT2D eigenvalue weighted by atomic mass is 32.2. The van der Waals surface area contributed by atoms with Crippen LogP contribution in [0.5, 0.6) is 5.75 Å². The molecule has 0 aliphatic heterocycles. The van der Waals surface area contributed by atoms with Crippen LogP contribution < -0.4 is 10.5 Å². The van der Waals surface area contributed by atoms with Gasteiger partial charge in [0.15, 0.2) is 6.61 Å². The van der Waals surface area contributed by atoms with Gasteiger partial charge in [-0.25, -0.2) is 0 Å². The van der Waals surface area contributed by atoms with Crippen molar-refractivity contribution in [3.63, 3.8) is 0 Å². The van der Waals surface area contributed by atoms with Crippen LogP contribution in [0.1, 0.15) is 31.2 Å². The number of esters is 1. The van der Waals surface area contributed by atoms with Crippen molar-refractivity contribution in [2.24, 2.45) is 17.1 Å². The minimum absolute atomic E-state index is 0.178. The molecule has 2 unspecified atom stereocenters. The second-order valence-electron chi connectivity index (χ2n) is 6.38. The first-order valence-electron chi connectivity index (χ1n) is 8.59. The number of hydrogen-bond donors (Lipinski definition) is 1. The molecule has 1 saturated carbocycles. The first kappa shape index (κ1) is 20.1. The Bertz CT molecular complexity index is 671. The monoisotopic (exact) mass is 376 g/mol. The molecular formula is C19H24N2O4S. The van der Waals surface area contributed by atoms with Gasteiger partial charge in [-0.05, 0) is 42.2 Å². The zero-order valence-corrected chi connectivity index (χ0v) is 15.7. The molecule has 1 aromatic carbocycles. The summed E-state index contributed by atoms with van der Waals surface area (Å²) in [7, 11) is 1.63. The number of benzene rings is 1. The molecule has 6 nitrogen and oxygen atoms in total. The van der Waals surface area contributed by atoms with E-state index in [4.69, 9.17) is 20.5 Å². The number of carbonyl (C=O) groups excluding carboxylic acids is 2.